The summed E-state index contributed by atoms with van der Waals surface area (Å²) in [4.78, 5) is 4.33. The number of phenols is 1. The Bertz CT molecular complexity index is 1060. The third-order valence-electron chi connectivity index (χ3n) is 4.13. The maximum absolute atomic E-state index is 9.86. The van der Waals surface area contributed by atoms with E-state index in [-0.39, 0.29) is 11.9 Å². The Morgan fingerprint density at radius 2 is 2.08 bits per heavy atom. The highest BCUT2D eigenvalue weighted by Gasteiger charge is 2.16. The molecule has 4 N–H and O–H groups in total. The number of aromatic nitrogens is 6. The molecule has 126 valence electrons. The highest BCUT2D eigenvalue weighted by molar-refractivity contribution is 5.73. The number of benzene rings is 2. The van der Waals surface area contributed by atoms with Gasteiger partial charge in [0.05, 0.1) is 5.69 Å². The minimum atomic E-state index is -0.192. The van der Waals surface area contributed by atoms with E-state index in [1.165, 1.54) is 0 Å². The average Bonchev–Trinajstić information content (AvgIpc) is 3.23. The predicted molar refractivity (Wildman–Crippen MR) is 91.9 cm³/mol. The van der Waals surface area contributed by atoms with E-state index in [0.29, 0.717) is 5.82 Å². The standard InChI is InChI=1S/C17H17N7O/c1-10-3-4-12(7-16(10)25)17-19-9-23(21-17)13-5-6-15-14(8-13)20-22-24(15)11(2)18/h3-9,11,25H,18H2,1-2H3/p+1. The third kappa shape index (κ3) is 2.62. The van der Waals surface area contributed by atoms with Crippen molar-refractivity contribution in [3.63, 3.8) is 0 Å². The number of rotatable bonds is 3. The first kappa shape index (κ1) is 15.3. The van der Waals surface area contributed by atoms with Crippen LogP contribution >= 0.6 is 0 Å². The van der Waals surface area contributed by atoms with Crippen LogP contribution in [0.2, 0.25) is 0 Å². The fourth-order valence-electron chi connectivity index (χ4n) is 2.69. The normalized spacial score (nSPS) is 12.6. The molecule has 2 heterocycles. The molecule has 0 bridgehead atoms. The molecule has 2 aromatic carbocycles. The summed E-state index contributed by atoms with van der Waals surface area (Å²) in [5.41, 5.74) is 10.0. The highest BCUT2D eigenvalue weighted by atomic mass is 16.3. The molecule has 25 heavy (non-hydrogen) atoms. The largest absolute Gasteiger partial charge is 0.508 e. The summed E-state index contributed by atoms with van der Waals surface area (Å²) < 4.78 is 3.47. The van der Waals surface area contributed by atoms with E-state index in [0.717, 1.165) is 27.8 Å². The predicted octanol–water partition coefficient (Wildman–Crippen LogP) is 1.59. The Kier molecular flexibility index (Phi) is 3.47. The summed E-state index contributed by atoms with van der Waals surface area (Å²) in [6.07, 6.45) is 1.45. The van der Waals surface area contributed by atoms with Crippen LogP contribution in [0.25, 0.3) is 28.1 Å². The van der Waals surface area contributed by atoms with Crippen LogP contribution in [0.3, 0.4) is 0 Å². The first-order valence-electron chi connectivity index (χ1n) is 7.90. The average molecular weight is 336 g/mol. The van der Waals surface area contributed by atoms with E-state index in [9.17, 15) is 5.11 Å². The lowest BCUT2D eigenvalue weighted by molar-refractivity contribution is -0.751. The number of aromatic amines is 1. The van der Waals surface area contributed by atoms with Crippen molar-refractivity contribution in [3.05, 3.63) is 48.3 Å². The van der Waals surface area contributed by atoms with E-state index < -0.39 is 0 Å². The monoisotopic (exact) mass is 336 g/mol. The Morgan fingerprint density at radius 3 is 2.84 bits per heavy atom. The van der Waals surface area contributed by atoms with Crippen LogP contribution in [0.4, 0.5) is 0 Å². The van der Waals surface area contributed by atoms with Crippen LogP contribution in [0.15, 0.2) is 42.7 Å². The second kappa shape index (κ2) is 5.67. The molecule has 4 rings (SSSR count). The minimum absolute atomic E-state index is 0.192. The van der Waals surface area contributed by atoms with Crippen molar-refractivity contribution in [1.82, 2.24) is 25.1 Å². The van der Waals surface area contributed by atoms with Crippen LogP contribution in [-0.2, 0) is 0 Å². The summed E-state index contributed by atoms with van der Waals surface area (Å²) in [6, 6.07) is 11.2. The van der Waals surface area contributed by atoms with Gasteiger partial charge in [0.25, 0.3) is 5.52 Å². The number of phenolic OH excluding ortho intramolecular Hbond substituents is 1. The van der Waals surface area contributed by atoms with Gasteiger partial charge in [0.2, 0.25) is 5.52 Å². The molecule has 1 unspecified atom stereocenters. The van der Waals surface area contributed by atoms with Crippen molar-refractivity contribution >= 4 is 11.0 Å². The van der Waals surface area contributed by atoms with Crippen LogP contribution < -0.4 is 10.4 Å². The Labute approximate surface area is 143 Å². The van der Waals surface area contributed by atoms with Gasteiger partial charge in [-0.3, -0.25) is 5.73 Å². The van der Waals surface area contributed by atoms with Gasteiger partial charge in [0, 0.05) is 16.7 Å². The van der Waals surface area contributed by atoms with Crippen molar-refractivity contribution < 1.29 is 9.79 Å². The van der Waals surface area contributed by atoms with Crippen molar-refractivity contribution in [2.75, 3.05) is 0 Å². The van der Waals surface area contributed by atoms with Gasteiger partial charge in [-0.1, -0.05) is 17.3 Å². The fraction of sp³-hybridized carbons (Fsp3) is 0.176. The zero-order valence-electron chi connectivity index (χ0n) is 13.9. The van der Waals surface area contributed by atoms with Crippen molar-refractivity contribution in [1.29, 1.82) is 0 Å². The zero-order chi connectivity index (χ0) is 17.6. The zero-order valence-corrected chi connectivity index (χ0v) is 13.9. The molecular weight excluding hydrogens is 318 g/mol. The molecule has 0 amide bonds. The van der Waals surface area contributed by atoms with Crippen LogP contribution in [0.1, 0.15) is 18.7 Å². The molecule has 0 saturated heterocycles. The van der Waals surface area contributed by atoms with E-state index >= 15 is 0 Å². The number of fused-ring (bicyclic) bond motifs is 1. The number of H-pyrrole nitrogens is 1. The molecule has 0 aliphatic carbocycles. The lowest BCUT2D eigenvalue weighted by atomic mass is 10.1. The molecule has 0 spiro atoms. The van der Waals surface area contributed by atoms with Crippen LogP contribution in [0.5, 0.6) is 5.75 Å². The van der Waals surface area contributed by atoms with Crippen LogP contribution in [-0.4, -0.2) is 30.2 Å². The van der Waals surface area contributed by atoms with Crippen molar-refractivity contribution in [2.45, 2.75) is 20.0 Å². The summed E-state index contributed by atoms with van der Waals surface area (Å²) in [6.45, 7) is 3.73. The molecule has 0 radical (unpaired) electrons. The number of hydrogen-bond acceptors (Lipinski definition) is 5. The van der Waals surface area contributed by atoms with E-state index in [1.807, 2.05) is 44.2 Å². The fourth-order valence-corrected chi connectivity index (χ4v) is 2.69. The quantitative estimate of drug-likeness (QED) is 0.492. The minimum Gasteiger partial charge on any atom is -0.508 e. The van der Waals surface area contributed by atoms with Crippen molar-refractivity contribution in [2.24, 2.45) is 5.73 Å². The Morgan fingerprint density at radius 1 is 1.24 bits per heavy atom. The number of nitrogens with zero attached hydrogens (tertiary/aromatic N) is 5. The molecule has 0 aliphatic heterocycles. The Balaban J connectivity index is 1.72. The molecule has 2 aromatic heterocycles. The van der Waals surface area contributed by atoms with Gasteiger partial charge in [-0.05, 0) is 37.6 Å². The van der Waals surface area contributed by atoms with E-state index in [1.54, 1.807) is 21.8 Å². The molecular formula is C17H18N7O+. The van der Waals surface area contributed by atoms with Gasteiger partial charge in [-0.2, -0.15) is 0 Å². The smallest absolute Gasteiger partial charge is 0.251 e. The van der Waals surface area contributed by atoms with E-state index in [4.69, 9.17) is 5.73 Å². The van der Waals surface area contributed by atoms with Crippen molar-refractivity contribution in [3.8, 4) is 22.8 Å². The topological polar surface area (TPSA) is 110 Å². The number of hydrogen-bond donors (Lipinski definition) is 3. The molecule has 1 atom stereocenters. The molecule has 8 heteroatoms. The summed E-state index contributed by atoms with van der Waals surface area (Å²) in [5.74, 6) is 0.773. The van der Waals surface area contributed by atoms with Gasteiger partial charge < -0.3 is 5.11 Å². The second-order valence-corrected chi connectivity index (χ2v) is 6.01. The summed E-state index contributed by atoms with van der Waals surface area (Å²) in [5, 5.41) is 21.5. The maximum Gasteiger partial charge on any atom is 0.251 e. The van der Waals surface area contributed by atoms with Gasteiger partial charge in [0.15, 0.2) is 12.0 Å². The van der Waals surface area contributed by atoms with E-state index in [2.05, 4.69) is 20.4 Å². The number of aryl methyl sites for hydroxylation is 1. The SMILES string of the molecule is Cc1ccc(-c2ncn(-c3ccc4c(c3)n[nH][n+]4C(C)N)n2)cc1O. The van der Waals surface area contributed by atoms with Gasteiger partial charge in [-0.15, -0.1) is 9.78 Å². The number of aromatic hydroxyl groups is 1. The van der Waals surface area contributed by atoms with Crippen LogP contribution in [0, 0.1) is 6.92 Å². The molecule has 0 fully saturated rings. The second-order valence-electron chi connectivity index (χ2n) is 6.01. The van der Waals surface area contributed by atoms with Gasteiger partial charge >= 0.3 is 0 Å². The van der Waals surface area contributed by atoms with Gasteiger partial charge in [0.1, 0.15) is 12.1 Å². The number of nitrogens with one attached hydrogen (secondary N) is 1. The molecule has 8 nitrogen and oxygen atoms in total. The van der Waals surface area contributed by atoms with Gasteiger partial charge in [-0.25, -0.2) is 9.67 Å². The summed E-state index contributed by atoms with van der Waals surface area (Å²) in [7, 11) is 0. The summed E-state index contributed by atoms with van der Waals surface area (Å²) >= 11 is 0. The molecule has 0 saturated carbocycles. The third-order valence-corrected chi connectivity index (χ3v) is 4.13. The number of nitrogens with two attached hydrogens (primary N) is 1. The molecule has 4 aromatic rings. The first-order valence-corrected chi connectivity index (χ1v) is 7.90. The Hall–Kier alpha value is -3.26. The first-order chi connectivity index (χ1) is 12.0. The lowest BCUT2D eigenvalue weighted by Gasteiger charge is -2.01. The maximum atomic E-state index is 9.86. The molecule has 0 aliphatic rings. The highest BCUT2D eigenvalue weighted by Crippen LogP contribution is 2.24. The lowest BCUT2D eigenvalue weighted by Crippen LogP contribution is -2.44.